The lowest BCUT2D eigenvalue weighted by Gasteiger charge is -2.06. The van der Waals surface area contributed by atoms with Crippen LogP contribution in [0.5, 0.6) is 0 Å². The largest absolute Gasteiger partial charge is 0.352 e. The minimum absolute atomic E-state index is 0.0403. The molecule has 1 rings (SSSR count). The molecule has 1 aromatic rings. The van der Waals surface area contributed by atoms with Crippen molar-refractivity contribution in [3.8, 4) is 0 Å². The predicted molar refractivity (Wildman–Crippen MR) is 121 cm³/mol. The van der Waals surface area contributed by atoms with Crippen molar-refractivity contribution in [1.29, 1.82) is 0 Å². The van der Waals surface area contributed by atoms with E-state index in [4.69, 9.17) is 11.6 Å². The molecular weight excluding hydrogens is 388 g/mol. The van der Waals surface area contributed by atoms with E-state index < -0.39 is 4.92 Å². The molecule has 0 bridgehead atoms. The van der Waals surface area contributed by atoms with Crippen molar-refractivity contribution < 1.29 is 9.72 Å². The summed E-state index contributed by atoms with van der Waals surface area (Å²) in [6, 6.07) is 4.12. The summed E-state index contributed by atoms with van der Waals surface area (Å²) in [5.41, 5.74) is 0.0299. The van der Waals surface area contributed by atoms with Crippen LogP contribution < -0.4 is 5.32 Å². The number of hydrogen-bond donors (Lipinski definition) is 1. The quantitative estimate of drug-likeness (QED) is 0.160. The molecule has 0 spiro atoms. The van der Waals surface area contributed by atoms with Crippen LogP contribution in [0.25, 0.3) is 0 Å². The molecule has 0 aliphatic carbocycles. The fourth-order valence-corrected chi connectivity index (χ4v) is 3.60. The second kappa shape index (κ2) is 16.2. The number of unbranched alkanes of at least 4 members (excludes halogenated alkanes) is 13. The van der Waals surface area contributed by atoms with Crippen LogP contribution in [0.1, 0.15) is 107 Å². The highest BCUT2D eigenvalue weighted by molar-refractivity contribution is 6.32. The van der Waals surface area contributed by atoms with Crippen LogP contribution in [0.4, 0.5) is 5.69 Å². The van der Waals surface area contributed by atoms with E-state index in [1.54, 1.807) is 0 Å². The van der Waals surface area contributed by atoms with Crippen LogP contribution in [0.2, 0.25) is 5.02 Å². The number of carbonyl (C=O) groups is 1. The van der Waals surface area contributed by atoms with Crippen molar-refractivity contribution in [2.24, 2.45) is 0 Å². The van der Waals surface area contributed by atoms with Crippen LogP contribution in [-0.4, -0.2) is 17.4 Å². The van der Waals surface area contributed by atoms with Gasteiger partial charge in [-0.15, -0.1) is 0 Å². The van der Waals surface area contributed by atoms with Crippen LogP contribution in [0.3, 0.4) is 0 Å². The Morgan fingerprint density at radius 1 is 0.897 bits per heavy atom. The Balaban J connectivity index is 1.98. The maximum absolute atomic E-state index is 12.1. The Bertz CT molecular complexity index is 608. The summed E-state index contributed by atoms with van der Waals surface area (Å²) in [5.74, 6) is -0.292. The van der Waals surface area contributed by atoms with Gasteiger partial charge in [-0.2, -0.15) is 0 Å². The molecular formula is C23H37ClN2O3. The van der Waals surface area contributed by atoms with E-state index in [1.807, 2.05) is 0 Å². The minimum Gasteiger partial charge on any atom is -0.352 e. The van der Waals surface area contributed by atoms with Gasteiger partial charge in [0.25, 0.3) is 11.6 Å². The number of nitrogens with one attached hydrogen (secondary N) is 1. The Kier molecular flexibility index (Phi) is 14.2. The number of nitrogens with zero attached hydrogens (tertiary/aromatic N) is 1. The molecule has 0 radical (unpaired) electrons. The van der Waals surface area contributed by atoms with Gasteiger partial charge < -0.3 is 5.32 Å². The number of rotatable bonds is 17. The normalized spacial score (nSPS) is 10.8. The molecule has 1 amide bonds. The minimum atomic E-state index is -0.577. The van der Waals surface area contributed by atoms with E-state index in [2.05, 4.69) is 12.2 Å². The highest BCUT2D eigenvalue weighted by Gasteiger charge is 2.15. The topological polar surface area (TPSA) is 72.2 Å². The van der Waals surface area contributed by atoms with Gasteiger partial charge >= 0.3 is 0 Å². The fraction of sp³-hybridized carbons (Fsp3) is 0.696. The van der Waals surface area contributed by atoms with Gasteiger partial charge in [-0.3, -0.25) is 14.9 Å². The summed E-state index contributed by atoms with van der Waals surface area (Å²) in [6.07, 6.45) is 18.1. The third-order valence-corrected chi connectivity index (χ3v) is 5.54. The van der Waals surface area contributed by atoms with Crippen molar-refractivity contribution >= 4 is 23.2 Å². The van der Waals surface area contributed by atoms with Crippen LogP contribution in [0, 0.1) is 10.1 Å². The molecule has 1 N–H and O–H groups in total. The standard InChI is InChI=1S/C23H37ClN2O3/c1-2-3-4-5-6-7-8-9-10-11-12-13-14-15-18-25-23(27)20-16-17-21(24)22(19-20)26(28)29/h16-17,19H,2-15,18H2,1H3,(H,25,27). The summed E-state index contributed by atoms with van der Waals surface area (Å²) in [7, 11) is 0. The van der Waals surface area contributed by atoms with Crippen molar-refractivity contribution in [3.05, 3.63) is 38.9 Å². The molecule has 5 nitrogen and oxygen atoms in total. The molecule has 0 saturated heterocycles. The van der Waals surface area contributed by atoms with Gasteiger partial charge in [0.15, 0.2) is 0 Å². The first-order valence-electron chi connectivity index (χ1n) is 11.3. The van der Waals surface area contributed by atoms with Crippen LogP contribution >= 0.6 is 11.6 Å². The number of halogens is 1. The smallest absolute Gasteiger partial charge is 0.288 e. The van der Waals surface area contributed by atoms with Gasteiger partial charge in [0.05, 0.1) is 4.92 Å². The van der Waals surface area contributed by atoms with Gasteiger partial charge in [-0.25, -0.2) is 0 Å². The van der Waals surface area contributed by atoms with Gasteiger partial charge in [0, 0.05) is 18.2 Å². The number of hydrogen-bond acceptors (Lipinski definition) is 3. The lowest BCUT2D eigenvalue weighted by atomic mass is 10.0. The van der Waals surface area contributed by atoms with Crippen molar-refractivity contribution in [1.82, 2.24) is 5.32 Å². The summed E-state index contributed by atoms with van der Waals surface area (Å²) >= 11 is 5.77. The molecule has 0 atom stereocenters. The molecule has 0 heterocycles. The molecule has 0 aliphatic rings. The zero-order valence-corrected chi connectivity index (χ0v) is 18.6. The van der Waals surface area contributed by atoms with Crippen LogP contribution in [-0.2, 0) is 0 Å². The average Bonchev–Trinajstić information content (AvgIpc) is 2.70. The summed E-state index contributed by atoms with van der Waals surface area (Å²) < 4.78 is 0. The monoisotopic (exact) mass is 424 g/mol. The molecule has 0 fully saturated rings. The maximum atomic E-state index is 12.1. The van der Waals surface area contributed by atoms with Gasteiger partial charge in [-0.05, 0) is 18.6 Å². The van der Waals surface area contributed by atoms with Gasteiger partial charge in [0.2, 0.25) is 0 Å². The van der Waals surface area contributed by atoms with Crippen molar-refractivity contribution in [2.75, 3.05) is 6.54 Å². The lowest BCUT2D eigenvalue weighted by molar-refractivity contribution is -0.384. The number of nitro benzene ring substituents is 1. The predicted octanol–water partition coefficient (Wildman–Crippen LogP) is 7.46. The Morgan fingerprint density at radius 2 is 1.38 bits per heavy atom. The van der Waals surface area contributed by atoms with Gasteiger partial charge in [-0.1, -0.05) is 102 Å². The Labute approximate surface area is 180 Å². The molecule has 1 aromatic carbocycles. The SMILES string of the molecule is CCCCCCCCCCCCCCCCNC(=O)c1ccc(Cl)c([N+](=O)[O-])c1. The van der Waals surface area contributed by atoms with Crippen molar-refractivity contribution in [2.45, 2.75) is 96.8 Å². The summed E-state index contributed by atoms with van der Waals surface area (Å²) in [6.45, 7) is 2.85. The van der Waals surface area contributed by atoms with E-state index in [1.165, 1.54) is 95.2 Å². The first-order valence-corrected chi connectivity index (χ1v) is 11.7. The third kappa shape index (κ3) is 11.8. The third-order valence-electron chi connectivity index (χ3n) is 5.22. The molecule has 0 aromatic heterocycles. The average molecular weight is 425 g/mol. The Morgan fingerprint density at radius 3 is 1.86 bits per heavy atom. The van der Waals surface area contributed by atoms with E-state index in [0.717, 1.165) is 12.8 Å². The number of carbonyl (C=O) groups excluding carboxylic acids is 1. The second-order valence-electron chi connectivity index (χ2n) is 7.78. The number of amides is 1. The first kappa shape index (κ1) is 25.4. The van der Waals surface area contributed by atoms with Gasteiger partial charge in [0.1, 0.15) is 5.02 Å². The van der Waals surface area contributed by atoms with E-state index in [9.17, 15) is 14.9 Å². The van der Waals surface area contributed by atoms with Crippen molar-refractivity contribution in [3.63, 3.8) is 0 Å². The second-order valence-corrected chi connectivity index (χ2v) is 8.18. The molecule has 164 valence electrons. The molecule has 29 heavy (non-hydrogen) atoms. The van der Waals surface area contributed by atoms with Crippen LogP contribution in [0.15, 0.2) is 18.2 Å². The Hall–Kier alpha value is -1.62. The fourth-order valence-electron chi connectivity index (χ4n) is 3.42. The summed E-state index contributed by atoms with van der Waals surface area (Å²) in [4.78, 5) is 22.4. The molecule has 0 saturated carbocycles. The zero-order valence-electron chi connectivity index (χ0n) is 17.9. The van der Waals surface area contributed by atoms with E-state index in [0.29, 0.717) is 6.54 Å². The lowest BCUT2D eigenvalue weighted by Crippen LogP contribution is -2.24. The van der Waals surface area contributed by atoms with E-state index in [-0.39, 0.29) is 22.2 Å². The maximum Gasteiger partial charge on any atom is 0.288 e. The highest BCUT2D eigenvalue weighted by Crippen LogP contribution is 2.25. The zero-order chi connectivity index (χ0) is 21.3. The number of benzene rings is 1. The molecule has 0 unspecified atom stereocenters. The molecule has 6 heteroatoms. The first-order chi connectivity index (χ1) is 14.1. The summed E-state index contributed by atoms with van der Waals surface area (Å²) in [5, 5.41) is 13.8. The highest BCUT2D eigenvalue weighted by atomic mass is 35.5. The van der Waals surface area contributed by atoms with E-state index >= 15 is 0 Å². The molecule has 0 aliphatic heterocycles. The number of nitro groups is 1.